The molecule has 0 spiro atoms. The second-order valence-electron chi connectivity index (χ2n) is 4.69. The number of hydrogen-bond acceptors (Lipinski definition) is 3. The van der Waals surface area contributed by atoms with E-state index in [0.29, 0.717) is 11.8 Å². The minimum Gasteiger partial charge on any atom is -0.497 e. The van der Waals surface area contributed by atoms with Crippen LogP contribution in [0.15, 0.2) is 18.2 Å². The molecule has 1 aromatic carbocycles. The number of carbonyl (C=O) groups is 2. The van der Waals surface area contributed by atoms with Crippen LogP contribution < -0.4 is 15.4 Å². The fraction of sp³-hybridized carbons (Fsp3) is 0.429. The van der Waals surface area contributed by atoms with E-state index >= 15 is 0 Å². The van der Waals surface area contributed by atoms with Gasteiger partial charge in [0.15, 0.2) is 0 Å². The summed E-state index contributed by atoms with van der Waals surface area (Å²) >= 11 is 0. The van der Waals surface area contributed by atoms with Crippen molar-refractivity contribution in [3.63, 3.8) is 0 Å². The number of nitrogens with one attached hydrogen (secondary N) is 2. The first-order valence-electron chi connectivity index (χ1n) is 6.51. The Morgan fingerprint density at radius 3 is 2.75 bits per heavy atom. The van der Waals surface area contributed by atoms with Crippen LogP contribution in [0, 0.1) is 5.82 Å². The zero-order chi connectivity index (χ0) is 14.5. The summed E-state index contributed by atoms with van der Waals surface area (Å²) in [5.41, 5.74) is -0.0617. The molecule has 1 fully saturated rings. The molecule has 2 N–H and O–H groups in total. The predicted octanol–water partition coefficient (Wildman–Crippen LogP) is 1.23. The number of ether oxygens (including phenoxy) is 1. The SMILES string of the molecule is COc1ccc(C(=O)NCCC(=O)NC2CC2)c(F)c1. The highest BCUT2D eigenvalue weighted by molar-refractivity contribution is 5.94. The molecule has 1 saturated carbocycles. The number of methoxy groups -OCH3 is 1. The van der Waals surface area contributed by atoms with Gasteiger partial charge in [-0.3, -0.25) is 9.59 Å². The van der Waals surface area contributed by atoms with E-state index in [4.69, 9.17) is 4.74 Å². The second-order valence-corrected chi connectivity index (χ2v) is 4.69. The molecule has 0 unspecified atom stereocenters. The Balaban J connectivity index is 1.80. The van der Waals surface area contributed by atoms with Crippen molar-refractivity contribution in [2.24, 2.45) is 0 Å². The quantitative estimate of drug-likeness (QED) is 0.823. The van der Waals surface area contributed by atoms with Crippen molar-refractivity contribution in [2.75, 3.05) is 13.7 Å². The molecule has 108 valence electrons. The highest BCUT2D eigenvalue weighted by atomic mass is 19.1. The van der Waals surface area contributed by atoms with Crippen LogP contribution in [-0.4, -0.2) is 31.5 Å². The van der Waals surface area contributed by atoms with Crippen molar-refractivity contribution in [1.82, 2.24) is 10.6 Å². The normalized spacial score (nSPS) is 13.7. The van der Waals surface area contributed by atoms with Crippen molar-refractivity contribution in [2.45, 2.75) is 25.3 Å². The summed E-state index contributed by atoms with van der Waals surface area (Å²) in [5.74, 6) is -0.931. The zero-order valence-corrected chi connectivity index (χ0v) is 11.2. The summed E-state index contributed by atoms with van der Waals surface area (Å²) < 4.78 is 18.5. The van der Waals surface area contributed by atoms with Gasteiger partial charge in [0, 0.05) is 25.1 Å². The van der Waals surface area contributed by atoms with Gasteiger partial charge in [-0.2, -0.15) is 0 Å². The minimum atomic E-state index is -0.649. The summed E-state index contributed by atoms with van der Waals surface area (Å²) in [6.07, 6.45) is 2.24. The average molecular weight is 280 g/mol. The van der Waals surface area contributed by atoms with Gasteiger partial charge in [0.25, 0.3) is 5.91 Å². The Labute approximate surface area is 116 Å². The Morgan fingerprint density at radius 1 is 1.40 bits per heavy atom. The van der Waals surface area contributed by atoms with Crippen LogP contribution in [0.3, 0.4) is 0 Å². The van der Waals surface area contributed by atoms with Crippen LogP contribution in [0.2, 0.25) is 0 Å². The molecule has 1 aliphatic rings. The molecule has 0 aromatic heterocycles. The van der Waals surface area contributed by atoms with Gasteiger partial charge in [-0.1, -0.05) is 0 Å². The number of rotatable bonds is 6. The van der Waals surface area contributed by atoms with Crippen LogP contribution in [-0.2, 0) is 4.79 Å². The van der Waals surface area contributed by atoms with Gasteiger partial charge in [-0.05, 0) is 25.0 Å². The van der Waals surface area contributed by atoms with E-state index in [2.05, 4.69) is 10.6 Å². The highest BCUT2D eigenvalue weighted by Gasteiger charge is 2.23. The third kappa shape index (κ3) is 3.94. The van der Waals surface area contributed by atoms with Crippen molar-refractivity contribution in [3.8, 4) is 5.75 Å². The monoisotopic (exact) mass is 280 g/mol. The van der Waals surface area contributed by atoms with Crippen LogP contribution in [0.1, 0.15) is 29.6 Å². The van der Waals surface area contributed by atoms with E-state index in [0.717, 1.165) is 18.9 Å². The molecule has 0 radical (unpaired) electrons. The van der Waals surface area contributed by atoms with Crippen molar-refractivity contribution >= 4 is 11.8 Å². The van der Waals surface area contributed by atoms with E-state index in [1.54, 1.807) is 0 Å². The second kappa shape index (κ2) is 6.36. The lowest BCUT2D eigenvalue weighted by Gasteiger charge is -2.07. The Kier molecular flexibility index (Phi) is 4.55. The maximum atomic E-state index is 13.6. The van der Waals surface area contributed by atoms with Gasteiger partial charge in [0.05, 0.1) is 12.7 Å². The minimum absolute atomic E-state index is 0.0617. The lowest BCUT2D eigenvalue weighted by atomic mass is 10.2. The smallest absolute Gasteiger partial charge is 0.254 e. The molecule has 20 heavy (non-hydrogen) atoms. The Bertz CT molecular complexity index is 515. The van der Waals surface area contributed by atoms with Gasteiger partial charge in [-0.15, -0.1) is 0 Å². The molecule has 2 amide bonds. The zero-order valence-electron chi connectivity index (χ0n) is 11.2. The topological polar surface area (TPSA) is 67.4 Å². The fourth-order valence-corrected chi connectivity index (χ4v) is 1.72. The summed E-state index contributed by atoms with van der Waals surface area (Å²) in [4.78, 5) is 23.2. The molecule has 0 saturated heterocycles. The molecular formula is C14H17FN2O3. The molecule has 5 nitrogen and oxygen atoms in total. The fourth-order valence-electron chi connectivity index (χ4n) is 1.72. The third-order valence-corrected chi connectivity index (χ3v) is 3.00. The van der Waals surface area contributed by atoms with Crippen molar-refractivity contribution < 1.29 is 18.7 Å². The van der Waals surface area contributed by atoms with Crippen LogP contribution >= 0.6 is 0 Å². The number of amides is 2. The molecule has 0 aliphatic heterocycles. The van der Waals surface area contributed by atoms with Crippen molar-refractivity contribution in [3.05, 3.63) is 29.6 Å². The molecule has 1 aromatic rings. The molecule has 0 bridgehead atoms. The highest BCUT2D eigenvalue weighted by Crippen LogP contribution is 2.18. The largest absolute Gasteiger partial charge is 0.497 e. The van der Waals surface area contributed by atoms with Crippen LogP contribution in [0.4, 0.5) is 4.39 Å². The molecule has 0 atom stereocenters. The third-order valence-electron chi connectivity index (χ3n) is 3.00. The lowest BCUT2D eigenvalue weighted by molar-refractivity contribution is -0.121. The van der Waals surface area contributed by atoms with E-state index in [9.17, 15) is 14.0 Å². The van der Waals surface area contributed by atoms with Gasteiger partial charge < -0.3 is 15.4 Å². The van der Waals surface area contributed by atoms with E-state index in [1.165, 1.54) is 19.2 Å². The van der Waals surface area contributed by atoms with Crippen molar-refractivity contribution in [1.29, 1.82) is 0 Å². The molecule has 0 heterocycles. The van der Waals surface area contributed by atoms with E-state index < -0.39 is 11.7 Å². The molecular weight excluding hydrogens is 263 g/mol. The lowest BCUT2D eigenvalue weighted by Crippen LogP contribution is -2.32. The van der Waals surface area contributed by atoms with E-state index in [1.807, 2.05) is 0 Å². The number of benzene rings is 1. The maximum absolute atomic E-state index is 13.6. The van der Waals surface area contributed by atoms with Gasteiger partial charge in [0.1, 0.15) is 11.6 Å². The number of carbonyl (C=O) groups excluding carboxylic acids is 2. The molecule has 1 aliphatic carbocycles. The number of hydrogen-bond donors (Lipinski definition) is 2. The number of halogens is 1. The average Bonchev–Trinajstić information content (AvgIpc) is 3.22. The first kappa shape index (κ1) is 14.3. The Morgan fingerprint density at radius 2 is 2.15 bits per heavy atom. The molecule has 2 rings (SSSR count). The van der Waals surface area contributed by atoms with Crippen LogP contribution in [0.5, 0.6) is 5.75 Å². The maximum Gasteiger partial charge on any atom is 0.254 e. The van der Waals surface area contributed by atoms with E-state index in [-0.39, 0.29) is 24.4 Å². The standard InChI is InChI=1S/C14H17FN2O3/c1-20-10-4-5-11(12(15)8-10)14(19)16-7-6-13(18)17-9-2-3-9/h4-5,8-9H,2-3,6-7H2,1H3,(H,16,19)(H,17,18). The summed E-state index contributed by atoms with van der Waals surface area (Å²) in [5, 5.41) is 5.33. The first-order valence-corrected chi connectivity index (χ1v) is 6.51. The van der Waals surface area contributed by atoms with Gasteiger partial charge in [0.2, 0.25) is 5.91 Å². The first-order chi connectivity index (χ1) is 9.60. The van der Waals surface area contributed by atoms with Crippen LogP contribution in [0.25, 0.3) is 0 Å². The predicted molar refractivity (Wildman–Crippen MR) is 71.1 cm³/mol. The Hall–Kier alpha value is -2.11. The molecule has 6 heteroatoms. The van der Waals surface area contributed by atoms with Gasteiger partial charge >= 0.3 is 0 Å². The summed E-state index contributed by atoms with van der Waals surface area (Å²) in [6, 6.07) is 4.32. The summed E-state index contributed by atoms with van der Waals surface area (Å²) in [6.45, 7) is 0.183. The van der Waals surface area contributed by atoms with Gasteiger partial charge in [-0.25, -0.2) is 4.39 Å². The summed E-state index contributed by atoms with van der Waals surface area (Å²) in [7, 11) is 1.42.